The molecule has 1 unspecified atom stereocenters. The normalized spacial score (nSPS) is 12.0. The molecule has 0 aliphatic rings. The van der Waals surface area contributed by atoms with Crippen molar-refractivity contribution in [2.75, 3.05) is 0 Å². The second kappa shape index (κ2) is 10.3. The van der Waals surface area contributed by atoms with Gasteiger partial charge in [0.25, 0.3) is 0 Å². The second-order valence-electron chi connectivity index (χ2n) is 6.24. The number of esters is 1. The first-order chi connectivity index (χ1) is 13.8. The number of carbonyl (C=O) groups is 4. The van der Waals surface area contributed by atoms with E-state index < -0.39 is 18.0 Å². The van der Waals surface area contributed by atoms with E-state index in [1.54, 1.807) is 36.4 Å². The van der Waals surface area contributed by atoms with Crippen LogP contribution < -0.4 is 10.6 Å². The van der Waals surface area contributed by atoms with E-state index in [9.17, 15) is 19.2 Å². The summed E-state index contributed by atoms with van der Waals surface area (Å²) in [6.07, 6.45) is 0.445. The molecule has 8 heteroatoms. The van der Waals surface area contributed by atoms with Gasteiger partial charge in [-0.1, -0.05) is 30.3 Å². The molecule has 1 aromatic carbocycles. The van der Waals surface area contributed by atoms with E-state index >= 15 is 0 Å². The van der Waals surface area contributed by atoms with Gasteiger partial charge < -0.3 is 15.4 Å². The van der Waals surface area contributed by atoms with Gasteiger partial charge in [0.05, 0.1) is 11.4 Å². The summed E-state index contributed by atoms with van der Waals surface area (Å²) in [7, 11) is 0. The van der Waals surface area contributed by atoms with Crippen LogP contribution in [0.4, 0.5) is 0 Å². The molecule has 0 bridgehead atoms. The monoisotopic (exact) mass is 414 g/mol. The lowest BCUT2D eigenvalue weighted by atomic mass is 10.2. The van der Waals surface area contributed by atoms with Crippen LogP contribution in [0.5, 0.6) is 0 Å². The van der Waals surface area contributed by atoms with Crippen molar-refractivity contribution >= 4 is 41.0 Å². The highest BCUT2D eigenvalue weighted by Crippen LogP contribution is 2.19. The summed E-state index contributed by atoms with van der Waals surface area (Å²) in [5.41, 5.74) is 0.647. The predicted molar refractivity (Wildman–Crippen MR) is 110 cm³/mol. The zero-order valence-corrected chi connectivity index (χ0v) is 17.2. The van der Waals surface area contributed by atoms with Gasteiger partial charge in [0.15, 0.2) is 6.10 Å². The Labute approximate surface area is 172 Å². The van der Waals surface area contributed by atoms with E-state index in [1.807, 2.05) is 6.07 Å². The number of carbonyl (C=O) groups excluding carboxylic acids is 4. The molecular weight excluding hydrogens is 392 g/mol. The summed E-state index contributed by atoms with van der Waals surface area (Å²) in [5.74, 6) is -1.76. The number of ketones is 1. The maximum Gasteiger partial charge on any atom is 0.355 e. The molecule has 2 N–H and O–H groups in total. The Morgan fingerprint density at radius 3 is 2.34 bits per heavy atom. The van der Waals surface area contributed by atoms with Gasteiger partial charge in [-0.3, -0.25) is 14.4 Å². The molecule has 29 heavy (non-hydrogen) atoms. The number of Topliss-reactive ketones (excluding diaryl/α,β-unsaturated/α-hetero) is 1. The van der Waals surface area contributed by atoms with Crippen molar-refractivity contribution < 1.29 is 23.9 Å². The summed E-state index contributed by atoms with van der Waals surface area (Å²) < 4.78 is 5.27. The third-order valence-corrected chi connectivity index (χ3v) is 4.81. The van der Waals surface area contributed by atoms with Gasteiger partial charge in [0.1, 0.15) is 5.70 Å². The lowest BCUT2D eigenvalue weighted by molar-refractivity contribution is -0.142. The van der Waals surface area contributed by atoms with Gasteiger partial charge in [-0.2, -0.15) is 0 Å². The molecule has 0 saturated carbocycles. The minimum absolute atomic E-state index is 0.0547. The fourth-order valence-electron chi connectivity index (χ4n) is 2.35. The minimum atomic E-state index is -1.04. The van der Waals surface area contributed by atoms with Gasteiger partial charge in [-0.05, 0) is 30.7 Å². The van der Waals surface area contributed by atoms with Gasteiger partial charge in [0.2, 0.25) is 17.6 Å². The Bertz CT molecular complexity index is 934. The van der Waals surface area contributed by atoms with Crippen molar-refractivity contribution in [1.29, 1.82) is 0 Å². The fourth-order valence-corrected chi connectivity index (χ4v) is 3.31. The molecule has 0 saturated heterocycles. The number of benzene rings is 1. The smallest absolute Gasteiger partial charge is 0.355 e. The van der Waals surface area contributed by atoms with Crippen LogP contribution in [0, 0.1) is 0 Å². The van der Waals surface area contributed by atoms with Crippen LogP contribution in [0.15, 0.2) is 48.2 Å². The second-order valence-corrected chi connectivity index (χ2v) is 7.41. The van der Waals surface area contributed by atoms with E-state index in [4.69, 9.17) is 4.74 Å². The van der Waals surface area contributed by atoms with E-state index in [2.05, 4.69) is 10.6 Å². The maximum atomic E-state index is 12.6. The molecule has 152 valence electrons. The number of rotatable bonds is 8. The lowest BCUT2D eigenvalue weighted by Gasteiger charge is -2.13. The van der Waals surface area contributed by atoms with Crippen molar-refractivity contribution in [2.24, 2.45) is 0 Å². The molecule has 1 heterocycles. The van der Waals surface area contributed by atoms with Crippen LogP contribution in [0.25, 0.3) is 6.08 Å². The van der Waals surface area contributed by atoms with Crippen LogP contribution in [0.1, 0.15) is 40.9 Å². The van der Waals surface area contributed by atoms with Crippen molar-refractivity contribution in [3.63, 3.8) is 0 Å². The molecule has 1 aromatic heterocycles. The highest BCUT2D eigenvalue weighted by Gasteiger charge is 2.23. The molecule has 0 aliphatic carbocycles. The molecule has 0 fully saturated rings. The maximum absolute atomic E-state index is 12.6. The first-order valence-corrected chi connectivity index (χ1v) is 9.70. The average molecular weight is 414 g/mol. The molecule has 2 aromatic rings. The highest BCUT2D eigenvalue weighted by atomic mass is 32.1. The number of ether oxygens (including phenoxy) is 1. The summed E-state index contributed by atoms with van der Waals surface area (Å²) in [6.45, 7) is 4.50. The molecule has 7 nitrogen and oxygen atoms in total. The molecular formula is C21H22N2O5S. The highest BCUT2D eigenvalue weighted by molar-refractivity contribution is 7.14. The first kappa shape index (κ1) is 22.0. The quantitative estimate of drug-likeness (QED) is 0.393. The van der Waals surface area contributed by atoms with Gasteiger partial charge in [-0.15, -0.1) is 11.3 Å². The van der Waals surface area contributed by atoms with Crippen LogP contribution in [-0.4, -0.2) is 29.7 Å². The van der Waals surface area contributed by atoms with Crippen LogP contribution in [0.2, 0.25) is 0 Å². The standard InChI is InChI=1S/C21H22N2O5S/c1-13(20(26)19-10-9-17(29-19)12-22-14(2)24)28-21(27)18(23-15(3)25)11-16-7-5-4-6-8-16/h4-11,13H,12H2,1-3H3,(H,22,24)(H,23,25)/b18-11-. The Morgan fingerprint density at radius 1 is 1.03 bits per heavy atom. The number of hydrogen-bond acceptors (Lipinski definition) is 6. The molecule has 1 atom stereocenters. The van der Waals surface area contributed by atoms with E-state index in [1.165, 1.54) is 38.2 Å². The number of amides is 2. The zero-order chi connectivity index (χ0) is 21.4. The van der Waals surface area contributed by atoms with Gasteiger partial charge in [-0.25, -0.2) is 4.79 Å². The summed E-state index contributed by atoms with van der Waals surface area (Å²) in [5, 5.41) is 5.10. The molecule has 0 spiro atoms. The first-order valence-electron chi connectivity index (χ1n) is 8.89. The summed E-state index contributed by atoms with van der Waals surface area (Å²) >= 11 is 1.22. The molecule has 2 rings (SSSR count). The Balaban J connectivity index is 2.08. The van der Waals surface area contributed by atoms with Crippen LogP contribution in [-0.2, 0) is 25.7 Å². The summed E-state index contributed by atoms with van der Waals surface area (Å²) in [4.78, 5) is 48.7. The SMILES string of the molecule is CC(=O)NCc1ccc(C(=O)C(C)OC(=O)/C(=C/c2ccccc2)NC(C)=O)s1. The average Bonchev–Trinajstić information content (AvgIpc) is 3.14. The van der Waals surface area contributed by atoms with Crippen molar-refractivity contribution in [3.8, 4) is 0 Å². The third kappa shape index (κ3) is 7.00. The van der Waals surface area contributed by atoms with Crippen molar-refractivity contribution in [3.05, 3.63) is 63.5 Å². The number of nitrogens with one attached hydrogen (secondary N) is 2. The lowest BCUT2D eigenvalue weighted by Crippen LogP contribution is -2.31. The van der Waals surface area contributed by atoms with E-state index in [-0.39, 0.29) is 17.4 Å². The predicted octanol–water partition coefficient (Wildman–Crippen LogP) is 2.68. The largest absolute Gasteiger partial charge is 0.450 e. The summed E-state index contributed by atoms with van der Waals surface area (Å²) in [6, 6.07) is 12.3. The Morgan fingerprint density at radius 2 is 1.72 bits per heavy atom. The van der Waals surface area contributed by atoms with E-state index in [0.717, 1.165) is 4.88 Å². The number of thiophene rings is 1. The Hall–Kier alpha value is -3.26. The molecule has 0 radical (unpaired) electrons. The number of hydrogen-bond donors (Lipinski definition) is 2. The third-order valence-electron chi connectivity index (χ3n) is 3.71. The van der Waals surface area contributed by atoms with Crippen LogP contribution >= 0.6 is 11.3 Å². The van der Waals surface area contributed by atoms with E-state index in [0.29, 0.717) is 17.0 Å². The van der Waals surface area contributed by atoms with Crippen molar-refractivity contribution in [1.82, 2.24) is 10.6 Å². The molecule has 0 aliphatic heterocycles. The van der Waals surface area contributed by atoms with Gasteiger partial charge >= 0.3 is 5.97 Å². The zero-order valence-electron chi connectivity index (χ0n) is 16.4. The van der Waals surface area contributed by atoms with Gasteiger partial charge in [0, 0.05) is 18.7 Å². The van der Waals surface area contributed by atoms with Crippen molar-refractivity contribution in [2.45, 2.75) is 33.4 Å². The Kier molecular flexibility index (Phi) is 7.85. The topological polar surface area (TPSA) is 102 Å². The molecule has 2 amide bonds. The minimum Gasteiger partial charge on any atom is -0.450 e. The fraction of sp³-hybridized carbons (Fsp3) is 0.238. The van der Waals surface area contributed by atoms with Crippen LogP contribution in [0.3, 0.4) is 0 Å².